The quantitative estimate of drug-likeness (QED) is 0.0154. The van der Waals surface area contributed by atoms with Gasteiger partial charge in [-0.2, -0.15) is 0 Å². The highest BCUT2D eigenvalue weighted by molar-refractivity contribution is 6.95. The summed E-state index contributed by atoms with van der Waals surface area (Å²) in [6.07, 6.45) is 6.26. The Labute approximate surface area is 756 Å². The largest absolute Gasteiger partial charge is 0.437 e. The molecule has 0 bridgehead atoms. The molecule has 120 heavy (non-hydrogen) atoms. The Morgan fingerprint density at radius 1 is 0.317 bits per heavy atom. The number of nitrogens with one attached hydrogen (secondary N) is 6. The molecule has 0 spiro atoms. The highest BCUT2D eigenvalue weighted by atomic mass is 28.5. The molecular weight excluding hydrogens is 1820 g/mol. The molecule has 0 aliphatic rings. The first-order valence-electron chi connectivity index (χ1n) is 43.9. The third-order valence-corrected chi connectivity index (χ3v) is 84.5. The molecule has 0 aliphatic carbocycles. The molecule has 6 atom stereocenters. The van der Waals surface area contributed by atoms with Gasteiger partial charge in [-0.3, -0.25) is 0 Å². The number of nitrogens with zero attached hydrogens (tertiary/aromatic N) is 2. The van der Waals surface area contributed by atoms with Crippen LogP contribution in [0.25, 0.3) is 0 Å². The maximum atomic E-state index is 10.6. The maximum absolute atomic E-state index is 10.6. The van der Waals surface area contributed by atoms with Gasteiger partial charge in [0.05, 0.1) is 42.3 Å². The first-order valence-corrected chi connectivity index (χ1v) is 95.8. The number of aliphatic hydroxyl groups excluding tert-OH is 2. The minimum Gasteiger partial charge on any atom is -0.437 e. The first-order chi connectivity index (χ1) is 53.0. The lowest BCUT2D eigenvalue weighted by Crippen LogP contribution is -2.63. The van der Waals surface area contributed by atoms with Crippen LogP contribution in [0.4, 0.5) is 0 Å². The minimum atomic E-state index is -2.87. The second-order valence-corrected chi connectivity index (χ2v) is 114. The van der Waals surface area contributed by atoms with E-state index in [4.69, 9.17) is 77.3 Å². The van der Waals surface area contributed by atoms with Crippen molar-refractivity contribution in [1.29, 1.82) is 0 Å². The SMILES string of the molecule is CC(=CN)CNCCC[Si](C)(O[Si](C)(C)O[Si](C)(C)C)O[Si](C)(C)O[Si](C)(C)O[Si](C)(C)O[Si](C)(CCCNCC(C)=CNCC(O)C[N+](C)(C)C)O[Si](C)(C)O[Si](C)(C)C.CC(=CN)CNCC[Si](C)(O[Si](C)(C)O[Si](C)(C)C)O[Si](C)(C)O[Si](C)(C)O[Si](C)(C)O[Si](C)(CCNCC(C)(C)NCC(O)C[N+](C)(C)C)O[Si](C)(C)O[Si](C)(C)C. The second-order valence-electron chi connectivity index (χ2n) is 45.0. The molecule has 718 valence electrons. The van der Waals surface area contributed by atoms with Crippen LogP contribution >= 0.6 is 0 Å². The van der Waals surface area contributed by atoms with Crippen molar-refractivity contribution < 1.29 is 85.0 Å². The number of hydrogen-bond acceptors (Lipinski definition) is 26. The molecule has 0 saturated carbocycles. The van der Waals surface area contributed by atoms with Crippen LogP contribution in [-0.4, -0.2) is 311 Å². The summed E-state index contributed by atoms with van der Waals surface area (Å²) in [7, 11) is -33.2. The highest BCUT2D eigenvalue weighted by Gasteiger charge is 2.55. The zero-order chi connectivity index (χ0) is 94.8. The molecule has 0 aromatic heterocycles. The van der Waals surface area contributed by atoms with Crippen LogP contribution in [0.15, 0.2) is 35.3 Å². The van der Waals surface area contributed by atoms with E-state index in [1.807, 2.05) is 20.0 Å². The van der Waals surface area contributed by atoms with Gasteiger partial charge in [0.25, 0.3) is 0 Å². The fourth-order valence-corrected chi connectivity index (χ4v) is 105. The van der Waals surface area contributed by atoms with Gasteiger partial charge in [0, 0.05) is 56.9 Å². The van der Waals surface area contributed by atoms with Crippen LogP contribution in [-0.2, 0) is 65.8 Å². The summed E-state index contributed by atoms with van der Waals surface area (Å²) in [4.78, 5) is 0. The Balaban J connectivity index is 0. The van der Waals surface area contributed by atoms with Crippen molar-refractivity contribution in [2.24, 2.45) is 11.5 Å². The van der Waals surface area contributed by atoms with Gasteiger partial charge >= 0.3 is 120 Å². The summed E-state index contributed by atoms with van der Waals surface area (Å²) in [6, 6.07) is 3.07. The predicted octanol–water partition coefficient (Wildman–Crippen LogP) is 14.7. The van der Waals surface area contributed by atoms with Crippen molar-refractivity contribution in [1.82, 2.24) is 31.9 Å². The van der Waals surface area contributed by atoms with E-state index in [1.54, 1.807) is 12.4 Å². The number of likely N-dealkylation sites (N-methyl/N-ethyl adjacent to an activating group) is 2. The lowest BCUT2D eigenvalue weighted by atomic mass is 10.1. The molecule has 0 heterocycles. The molecule has 6 unspecified atom stereocenters. The van der Waals surface area contributed by atoms with Gasteiger partial charge in [-0.15, -0.1) is 0 Å². The average Bonchev–Trinajstić information content (AvgIpc) is 0.721. The van der Waals surface area contributed by atoms with Gasteiger partial charge in [0.15, 0.2) is 33.3 Å². The maximum Gasteiger partial charge on any atom is 0.318 e. The first kappa shape index (κ1) is 124. The van der Waals surface area contributed by atoms with Crippen LogP contribution in [0.1, 0.15) is 47.5 Å². The van der Waals surface area contributed by atoms with E-state index in [9.17, 15) is 10.2 Å². The summed E-state index contributed by atoms with van der Waals surface area (Å²) < 4.78 is 113. The molecule has 0 aromatic carbocycles. The molecule has 0 fully saturated rings. The van der Waals surface area contributed by atoms with E-state index < -0.39 is 165 Å². The fraction of sp³-hybridized carbons (Fsp3) is 0.919. The molecule has 46 heteroatoms. The zero-order valence-electron chi connectivity index (χ0n) is 86.1. The Hall–Kier alpha value is 1.52. The summed E-state index contributed by atoms with van der Waals surface area (Å²) >= 11 is 0. The number of aliphatic hydroxyl groups is 2. The van der Waals surface area contributed by atoms with E-state index in [1.165, 1.54) is 5.57 Å². The number of rotatable bonds is 64. The Morgan fingerprint density at radius 2 is 0.542 bits per heavy atom. The summed E-state index contributed by atoms with van der Waals surface area (Å²) in [6.45, 7) is 96.6. The minimum absolute atomic E-state index is 0.218. The van der Waals surface area contributed by atoms with Gasteiger partial charge in [0.2, 0.25) is 0 Å². The third-order valence-electron chi connectivity index (χ3n) is 16.7. The second kappa shape index (κ2) is 50.0. The molecule has 28 nitrogen and oxygen atoms in total. The predicted molar refractivity (Wildman–Crippen MR) is 550 cm³/mol. The van der Waals surface area contributed by atoms with Crippen LogP contribution in [0.5, 0.6) is 0 Å². The number of hydrogen-bond donors (Lipinski definition) is 10. The van der Waals surface area contributed by atoms with Crippen molar-refractivity contribution >= 4 is 153 Å². The number of quaternary nitrogens is 2. The van der Waals surface area contributed by atoms with E-state index in [0.29, 0.717) is 43.8 Å². The summed E-state index contributed by atoms with van der Waals surface area (Å²) in [5.41, 5.74) is 14.6. The highest BCUT2D eigenvalue weighted by Crippen LogP contribution is 2.36. The molecule has 0 saturated heterocycles. The fourth-order valence-electron chi connectivity index (χ4n) is 15.5. The Kier molecular flexibility index (Phi) is 51.5. The van der Waals surface area contributed by atoms with E-state index in [0.717, 1.165) is 91.9 Å². The van der Waals surface area contributed by atoms with Crippen molar-refractivity contribution in [2.45, 2.75) is 325 Å². The van der Waals surface area contributed by atoms with Crippen LogP contribution < -0.4 is 43.4 Å². The van der Waals surface area contributed by atoms with Crippen LogP contribution in [0, 0.1) is 0 Å². The molecule has 12 N–H and O–H groups in total. The lowest BCUT2D eigenvalue weighted by Gasteiger charge is -2.45. The number of β-amino-alcohol motifs (C(OH)–C–C–N with tert-alkyl or cyclic N) is 1. The van der Waals surface area contributed by atoms with Gasteiger partial charge in [-0.25, -0.2) is 0 Å². The van der Waals surface area contributed by atoms with Crippen molar-refractivity contribution in [2.75, 3.05) is 121 Å². The van der Waals surface area contributed by atoms with Crippen LogP contribution in [0.3, 0.4) is 0 Å². The van der Waals surface area contributed by atoms with Crippen molar-refractivity contribution in [3.8, 4) is 0 Å². The molecule has 0 aliphatic heterocycles. The van der Waals surface area contributed by atoms with Crippen LogP contribution in [0.2, 0.25) is 260 Å². The molecule has 0 aromatic rings. The summed E-state index contributed by atoms with van der Waals surface area (Å²) in [5.74, 6) is 0. The standard InChI is InChI=1S/C38H98N5O9Si9.C36H96N5O9Si9/c1-36(30-39)31-40-26-24-28-60(22,49-55(12,13)45-53(6,7)8)51-58(18,19)47-57(16,17)48-59(20,21)52-61(23,50-56(14,15)46-54(9,10)11)29-25-27-41-32-37(2)33-42-34-38(44)35-43(3,4)5;1-34(29-37)30-38-25-27-58(23,47-53(13,14)43-51(7,8)9)49-56(19,20)45-55(17,18)46-57(21,22)50-59(24,48-54(15,16)44-52(10,11)12)28-26-39-33-36(2,3)40-31-35(42)32-41(4,5)6/h30,33,38,40-42,44H,24-29,31-32,34-35,39H2,1-23H3;29,35,38-40,42H,25-28,30-33,37H2,1-24H3/q2*+1. The molecule has 0 rings (SSSR count). The van der Waals surface area contributed by atoms with E-state index >= 15 is 0 Å². The smallest absolute Gasteiger partial charge is 0.318 e. The normalized spacial score (nSPS) is 17.4. The Morgan fingerprint density at radius 3 is 0.800 bits per heavy atom. The van der Waals surface area contributed by atoms with Gasteiger partial charge < -0.3 is 128 Å². The monoisotopic (exact) mass is 2020 g/mol. The molecule has 0 amide bonds. The average molecular weight is 2020 g/mol. The van der Waals surface area contributed by atoms with Crippen molar-refractivity contribution in [3.63, 3.8) is 0 Å². The summed E-state index contributed by atoms with van der Waals surface area (Å²) in [5, 5.41) is 42.0. The van der Waals surface area contributed by atoms with Gasteiger partial charge in [-0.1, -0.05) is 0 Å². The van der Waals surface area contributed by atoms with E-state index in [-0.39, 0.29) is 5.54 Å². The third kappa shape index (κ3) is 66.8. The molecular formula is C74H194N10O18Si18+2. The molecule has 0 radical (unpaired) electrons. The van der Waals surface area contributed by atoms with Crippen molar-refractivity contribution in [3.05, 3.63) is 35.3 Å². The van der Waals surface area contributed by atoms with Gasteiger partial charge in [-0.05, 0) is 357 Å². The zero-order valence-corrected chi connectivity index (χ0v) is 104. The van der Waals surface area contributed by atoms with E-state index in [2.05, 4.69) is 331 Å². The van der Waals surface area contributed by atoms with Gasteiger partial charge in [0.1, 0.15) is 25.3 Å². The lowest BCUT2D eigenvalue weighted by molar-refractivity contribution is -0.873. The Bertz CT molecular complexity index is 3050. The number of nitrogens with two attached hydrogens (primary N) is 2. The topological polar surface area (TPSA) is 312 Å².